The summed E-state index contributed by atoms with van der Waals surface area (Å²) in [4.78, 5) is 28.9. The van der Waals surface area contributed by atoms with Gasteiger partial charge in [-0.3, -0.25) is 14.9 Å². The van der Waals surface area contributed by atoms with Crippen molar-refractivity contribution in [3.63, 3.8) is 0 Å². The topological polar surface area (TPSA) is 78.7 Å². The van der Waals surface area contributed by atoms with Crippen molar-refractivity contribution >= 4 is 23.0 Å². The second-order valence-corrected chi connectivity index (χ2v) is 9.23. The van der Waals surface area contributed by atoms with Gasteiger partial charge in [0.1, 0.15) is 5.82 Å². The molecule has 0 saturated carbocycles. The lowest BCUT2D eigenvalue weighted by Gasteiger charge is -2.49. The molecule has 0 radical (unpaired) electrons. The van der Waals surface area contributed by atoms with Gasteiger partial charge >= 0.3 is 0 Å². The van der Waals surface area contributed by atoms with Crippen molar-refractivity contribution in [1.82, 2.24) is 5.32 Å². The molecule has 3 aromatic carbocycles. The highest BCUT2D eigenvalue weighted by molar-refractivity contribution is 5.82. The number of nitro benzene ring substituents is 1. The minimum absolute atomic E-state index is 0.0195. The van der Waals surface area contributed by atoms with Crippen molar-refractivity contribution in [2.75, 3.05) is 29.4 Å². The highest BCUT2D eigenvalue weighted by Gasteiger charge is 2.42. The lowest BCUT2D eigenvalue weighted by atomic mass is 9.83. The van der Waals surface area contributed by atoms with E-state index in [1.54, 1.807) is 30.3 Å². The molecule has 1 saturated heterocycles. The molecule has 0 aliphatic carbocycles. The summed E-state index contributed by atoms with van der Waals surface area (Å²) >= 11 is 0. The second kappa shape index (κ2) is 9.37. The predicted octanol–water partition coefficient (Wildman–Crippen LogP) is 4.23. The standard InChI is InChI=1S/C27H27FN4O3/c1-18-6-8-21(9-7-18)30-12-13-31-25-11-10-22(32(34)35)14-20(25)15-23(26(31)17-30)27(33)29-16-19-4-2-3-5-24(19)28/h2-11,14,23,26H,12-13,15-17H2,1H3,(H,29,33)/t23-,26-/m1/s1. The van der Waals surface area contributed by atoms with Crippen LogP contribution in [0.4, 0.5) is 21.5 Å². The maximum absolute atomic E-state index is 14.1. The molecule has 2 aliphatic heterocycles. The van der Waals surface area contributed by atoms with Gasteiger partial charge in [-0.05, 0) is 43.2 Å². The number of rotatable bonds is 5. The number of amides is 1. The largest absolute Gasteiger partial charge is 0.368 e. The smallest absolute Gasteiger partial charge is 0.269 e. The van der Waals surface area contributed by atoms with Crippen molar-refractivity contribution in [3.8, 4) is 0 Å². The molecule has 2 aliphatic rings. The van der Waals surface area contributed by atoms with Crippen molar-refractivity contribution in [2.24, 2.45) is 5.92 Å². The molecule has 5 rings (SSSR count). The quantitative estimate of drug-likeness (QED) is 0.442. The van der Waals surface area contributed by atoms with Crippen molar-refractivity contribution < 1.29 is 14.1 Å². The number of halogens is 1. The summed E-state index contributed by atoms with van der Waals surface area (Å²) in [5.74, 6) is -0.960. The number of anilines is 2. The molecule has 180 valence electrons. The minimum atomic E-state index is -0.426. The fraction of sp³-hybridized carbons (Fsp3) is 0.296. The van der Waals surface area contributed by atoms with E-state index in [4.69, 9.17) is 0 Å². The Balaban J connectivity index is 1.43. The first kappa shape index (κ1) is 22.8. The number of hydrogen-bond acceptors (Lipinski definition) is 5. The molecule has 8 heteroatoms. The van der Waals surface area contributed by atoms with Gasteiger partial charge in [-0.15, -0.1) is 0 Å². The zero-order valence-electron chi connectivity index (χ0n) is 19.5. The predicted molar refractivity (Wildman–Crippen MR) is 133 cm³/mol. The van der Waals surface area contributed by atoms with Crippen LogP contribution in [-0.2, 0) is 17.8 Å². The molecule has 0 spiro atoms. The van der Waals surface area contributed by atoms with E-state index in [0.29, 0.717) is 25.1 Å². The fourth-order valence-electron chi connectivity index (χ4n) is 5.17. The normalized spacial score (nSPS) is 19.0. The Morgan fingerprint density at radius 2 is 1.89 bits per heavy atom. The molecule has 1 fully saturated rings. The van der Waals surface area contributed by atoms with Gasteiger partial charge in [-0.2, -0.15) is 0 Å². The molecule has 1 N–H and O–H groups in total. The third-order valence-electron chi connectivity index (χ3n) is 7.05. The molecule has 2 atom stereocenters. The van der Waals surface area contributed by atoms with Crippen LogP contribution in [0.15, 0.2) is 66.7 Å². The van der Waals surface area contributed by atoms with E-state index >= 15 is 0 Å². The van der Waals surface area contributed by atoms with E-state index < -0.39 is 10.8 Å². The van der Waals surface area contributed by atoms with Crippen LogP contribution >= 0.6 is 0 Å². The van der Waals surface area contributed by atoms with Crippen LogP contribution in [0.1, 0.15) is 16.7 Å². The van der Waals surface area contributed by atoms with E-state index in [9.17, 15) is 19.3 Å². The van der Waals surface area contributed by atoms with Crippen molar-refractivity contribution in [3.05, 3.63) is 99.4 Å². The second-order valence-electron chi connectivity index (χ2n) is 9.23. The average Bonchev–Trinajstić information content (AvgIpc) is 2.87. The Morgan fingerprint density at radius 1 is 1.11 bits per heavy atom. The molecule has 3 aromatic rings. The highest BCUT2D eigenvalue weighted by atomic mass is 19.1. The number of nitrogens with one attached hydrogen (secondary N) is 1. The maximum atomic E-state index is 14.1. The Labute approximate surface area is 203 Å². The van der Waals surface area contributed by atoms with Gasteiger partial charge in [-0.1, -0.05) is 35.9 Å². The maximum Gasteiger partial charge on any atom is 0.269 e. The van der Waals surface area contributed by atoms with E-state index in [-0.39, 0.29) is 30.0 Å². The zero-order chi connectivity index (χ0) is 24.5. The fourth-order valence-corrected chi connectivity index (χ4v) is 5.17. The average molecular weight is 475 g/mol. The van der Waals surface area contributed by atoms with Crippen LogP contribution in [0.3, 0.4) is 0 Å². The number of carbonyl (C=O) groups excluding carboxylic acids is 1. The van der Waals surface area contributed by atoms with E-state index in [1.165, 1.54) is 17.7 Å². The van der Waals surface area contributed by atoms with Crippen LogP contribution < -0.4 is 15.1 Å². The molecule has 7 nitrogen and oxygen atoms in total. The SMILES string of the molecule is Cc1ccc(N2CCN3c4ccc([N+](=O)[O-])cc4C[C@@H](C(=O)NCc4ccccc4F)[C@H]3C2)cc1. The van der Waals surface area contributed by atoms with Crippen LogP contribution in [0, 0.1) is 28.8 Å². The molecular weight excluding hydrogens is 447 g/mol. The van der Waals surface area contributed by atoms with E-state index in [2.05, 4.69) is 46.3 Å². The Bertz CT molecular complexity index is 1260. The van der Waals surface area contributed by atoms with Crippen LogP contribution in [0.25, 0.3) is 0 Å². The lowest BCUT2D eigenvalue weighted by Crippen LogP contribution is -2.61. The first-order chi connectivity index (χ1) is 16.9. The van der Waals surface area contributed by atoms with Crippen molar-refractivity contribution in [1.29, 1.82) is 0 Å². The Kier molecular flexibility index (Phi) is 6.11. The van der Waals surface area contributed by atoms with Gasteiger partial charge < -0.3 is 15.1 Å². The molecule has 1 amide bonds. The number of piperazine rings is 1. The molecule has 0 unspecified atom stereocenters. The summed E-state index contributed by atoms with van der Waals surface area (Å²) in [5, 5.41) is 14.3. The summed E-state index contributed by atoms with van der Waals surface area (Å²) in [7, 11) is 0. The monoisotopic (exact) mass is 474 g/mol. The lowest BCUT2D eigenvalue weighted by molar-refractivity contribution is -0.384. The molecular formula is C27H27FN4O3. The third kappa shape index (κ3) is 4.56. The number of carbonyl (C=O) groups is 1. The first-order valence-corrected chi connectivity index (χ1v) is 11.8. The Hall–Kier alpha value is -3.94. The highest BCUT2D eigenvalue weighted by Crippen LogP contribution is 2.38. The number of hydrogen-bond donors (Lipinski definition) is 1. The number of aryl methyl sites for hydroxylation is 1. The van der Waals surface area contributed by atoms with E-state index in [0.717, 1.165) is 23.5 Å². The molecule has 35 heavy (non-hydrogen) atoms. The van der Waals surface area contributed by atoms with Crippen molar-refractivity contribution in [2.45, 2.75) is 25.9 Å². The van der Waals surface area contributed by atoms with Gasteiger partial charge in [-0.25, -0.2) is 4.39 Å². The summed E-state index contributed by atoms with van der Waals surface area (Å²) < 4.78 is 14.1. The van der Waals surface area contributed by atoms with Crippen LogP contribution in [0.2, 0.25) is 0 Å². The number of benzene rings is 3. The van der Waals surface area contributed by atoms with Gasteiger partial charge in [0, 0.05) is 55.2 Å². The number of non-ortho nitro benzene ring substituents is 1. The number of nitro groups is 1. The van der Waals surface area contributed by atoms with Crippen LogP contribution in [-0.4, -0.2) is 36.5 Å². The summed E-state index contributed by atoms with van der Waals surface area (Å²) in [6, 6.07) is 19.5. The number of nitrogens with zero attached hydrogens (tertiary/aromatic N) is 3. The Morgan fingerprint density at radius 3 is 2.63 bits per heavy atom. The van der Waals surface area contributed by atoms with Gasteiger partial charge in [0.25, 0.3) is 5.69 Å². The molecule has 2 heterocycles. The first-order valence-electron chi connectivity index (χ1n) is 11.8. The summed E-state index contributed by atoms with van der Waals surface area (Å²) in [6.07, 6.45) is 0.392. The minimum Gasteiger partial charge on any atom is -0.368 e. The molecule has 0 aromatic heterocycles. The van der Waals surface area contributed by atoms with Gasteiger partial charge in [0.2, 0.25) is 5.91 Å². The van der Waals surface area contributed by atoms with Crippen LogP contribution in [0.5, 0.6) is 0 Å². The summed E-state index contributed by atoms with van der Waals surface area (Å²) in [6.45, 7) is 4.27. The number of fused-ring (bicyclic) bond motifs is 3. The van der Waals surface area contributed by atoms with Gasteiger partial charge in [0.15, 0.2) is 0 Å². The molecule has 0 bridgehead atoms. The van der Waals surface area contributed by atoms with Gasteiger partial charge in [0.05, 0.1) is 16.9 Å². The zero-order valence-corrected chi connectivity index (χ0v) is 19.5. The van der Waals surface area contributed by atoms with E-state index in [1.807, 2.05) is 0 Å². The summed E-state index contributed by atoms with van der Waals surface area (Å²) in [5.41, 5.74) is 4.48. The third-order valence-corrected chi connectivity index (χ3v) is 7.05.